The number of hydrogen-bond donors (Lipinski definition) is 4. The number of piperazine rings is 1. The van der Waals surface area contributed by atoms with E-state index in [2.05, 4.69) is 10.6 Å². The van der Waals surface area contributed by atoms with Gasteiger partial charge in [0.1, 0.15) is 12.6 Å². The first kappa shape index (κ1) is 13.2. The van der Waals surface area contributed by atoms with Crippen molar-refractivity contribution in [2.45, 2.75) is 12.5 Å². The third-order valence-corrected chi connectivity index (χ3v) is 2.34. The molecule has 17 heavy (non-hydrogen) atoms. The summed E-state index contributed by atoms with van der Waals surface area (Å²) in [5.74, 6) is -1.49. The fourth-order valence-corrected chi connectivity index (χ4v) is 1.44. The fourth-order valence-electron chi connectivity index (χ4n) is 1.44. The summed E-state index contributed by atoms with van der Waals surface area (Å²) in [6.45, 7) is 0.266. The van der Waals surface area contributed by atoms with Gasteiger partial charge in [-0.05, 0) is 0 Å². The van der Waals surface area contributed by atoms with Crippen LogP contribution < -0.4 is 10.6 Å². The van der Waals surface area contributed by atoms with Gasteiger partial charge < -0.3 is 25.7 Å². The Morgan fingerprint density at radius 1 is 1.53 bits per heavy atom. The molecule has 1 fully saturated rings. The lowest BCUT2D eigenvalue weighted by Gasteiger charge is -2.28. The maximum Gasteiger partial charge on any atom is 0.326 e. The number of nitrogens with zero attached hydrogens (tertiary/aromatic N) is 1. The van der Waals surface area contributed by atoms with Crippen molar-refractivity contribution in [3.8, 4) is 0 Å². The molecule has 0 spiro atoms. The molecule has 0 aliphatic carbocycles. The topological polar surface area (TPSA) is 119 Å². The van der Waals surface area contributed by atoms with Gasteiger partial charge in [-0.2, -0.15) is 0 Å². The molecule has 0 aromatic heterocycles. The predicted octanol–water partition coefficient (Wildman–Crippen LogP) is -2.04. The Morgan fingerprint density at radius 2 is 2.24 bits per heavy atom. The Kier molecular flexibility index (Phi) is 4.70. The van der Waals surface area contributed by atoms with Gasteiger partial charge in [-0.15, -0.1) is 0 Å². The van der Waals surface area contributed by atoms with E-state index in [9.17, 15) is 14.4 Å². The largest absolute Gasteiger partial charge is 0.480 e. The lowest BCUT2D eigenvalue weighted by atomic mass is 10.2. The van der Waals surface area contributed by atoms with Crippen molar-refractivity contribution in [1.82, 2.24) is 15.5 Å². The Balaban J connectivity index is 2.51. The second kappa shape index (κ2) is 6.04. The molecule has 3 amide bonds. The number of urea groups is 1. The maximum absolute atomic E-state index is 11.6. The Morgan fingerprint density at radius 3 is 2.76 bits per heavy atom. The van der Waals surface area contributed by atoms with Crippen LogP contribution in [0, 0.1) is 0 Å². The number of hydrogen-bond acceptors (Lipinski definition) is 4. The molecule has 1 aliphatic rings. The molecule has 0 aromatic carbocycles. The molecular weight excluding hydrogens is 230 g/mol. The zero-order valence-electron chi connectivity index (χ0n) is 9.18. The molecule has 0 unspecified atom stereocenters. The summed E-state index contributed by atoms with van der Waals surface area (Å²) in [5, 5.41) is 22.2. The average molecular weight is 245 g/mol. The van der Waals surface area contributed by atoms with Crippen LogP contribution >= 0.6 is 0 Å². The van der Waals surface area contributed by atoms with Crippen LogP contribution in [0.2, 0.25) is 0 Å². The predicted molar refractivity (Wildman–Crippen MR) is 56.2 cm³/mol. The van der Waals surface area contributed by atoms with Gasteiger partial charge >= 0.3 is 12.0 Å². The Hall–Kier alpha value is -1.83. The molecule has 0 bridgehead atoms. The molecule has 1 saturated heterocycles. The molecule has 96 valence electrons. The first-order valence-electron chi connectivity index (χ1n) is 5.20. The summed E-state index contributed by atoms with van der Waals surface area (Å²) in [4.78, 5) is 34.6. The SMILES string of the molecule is O=C1CN(C(=O)N[C@@H](CCO)C(=O)O)CCN1. The summed E-state index contributed by atoms with van der Waals surface area (Å²) < 4.78 is 0. The molecule has 4 N–H and O–H groups in total. The van der Waals surface area contributed by atoms with E-state index in [0.717, 1.165) is 0 Å². The fraction of sp³-hybridized carbons (Fsp3) is 0.667. The highest BCUT2D eigenvalue weighted by Gasteiger charge is 2.25. The van der Waals surface area contributed by atoms with Gasteiger partial charge in [-0.1, -0.05) is 0 Å². The third kappa shape index (κ3) is 3.91. The van der Waals surface area contributed by atoms with Crippen LogP contribution in [0.4, 0.5) is 4.79 Å². The highest BCUT2D eigenvalue weighted by atomic mass is 16.4. The molecule has 1 atom stereocenters. The zero-order chi connectivity index (χ0) is 12.8. The molecule has 8 nitrogen and oxygen atoms in total. The second-order valence-corrected chi connectivity index (χ2v) is 3.62. The van der Waals surface area contributed by atoms with E-state index in [-0.39, 0.29) is 25.5 Å². The lowest BCUT2D eigenvalue weighted by molar-refractivity contribution is -0.139. The number of carboxylic acid groups (broad SMARTS) is 1. The normalized spacial score (nSPS) is 17.2. The van der Waals surface area contributed by atoms with E-state index in [1.807, 2.05) is 0 Å². The molecule has 0 aromatic rings. The van der Waals surface area contributed by atoms with E-state index >= 15 is 0 Å². The minimum absolute atomic E-state index is 0.0683. The Bertz CT molecular complexity index is 320. The van der Waals surface area contributed by atoms with E-state index in [4.69, 9.17) is 10.2 Å². The van der Waals surface area contributed by atoms with Crippen LogP contribution in [0.3, 0.4) is 0 Å². The molecule has 1 heterocycles. The van der Waals surface area contributed by atoms with Crippen molar-refractivity contribution in [3.63, 3.8) is 0 Å². The second-order valence-electron chi connectivity index (χ2n) is 3.62. The van der Waals surface area contributed by atoms with Gasteiger partial charge in [0.25, 0.3) is 0 Å². The van der Waals surface area contributed by atoms with Gasteiger partial charge in [0, 0.05) is 26.1 Å². The number of aliphatic carboxylic acids is 1. The van der Waals surface area contributed by atoms with Crippen LogP contribution in [-0.2, 0) is 9.59 Å². The number of aliphatic hydroxyl groups excluding tert-OH is 1. The summed E-state index contributed by atoms with van der Waals surface area (Å²) in [6.07, 6.45) is -0.0683. The first-order chi connectivity index (χ1) is 8.04. The maximum atomic E-state index is 11.6. The van der Waals surface area contributed by atoms with Crippen molar-refractivity contribution < 1.29 is 24.6 Å². The van der Waals surface area contributed by atoms with Crippen LogP contribution in [0.25, 0.3) is 0 Å². The molecule has 8 heteroatoms. The summed E-state index contributed by atoms with van der Waals surface area (Å²) in [5.41, 5.74) is 0. The van der Waals surface area contributed by atoms with Crippen LogP contribution in [0.1, 0.15) is 6.42 Å². The third-order valence-electron chi connectivity index (χ3n) is 2.34. The number of nitrogens with one attached hydrogen (secondary N) is 2. The number of carbonyl (C=O) groups excluding carboxylic acids is 2. The van der Waals surface area contributed by atoms with Crippen LogP contribution in [0.15, 0.2) is 0 Å². The minimum Gasteiger partial charge on any atom is -0.480 e. The Labute approximate surface area is 97.6 Å². The van der Waals surface area contributed by atoms with Gasteiger partial charge in [-0.3, -0.25) is 4.79 Å². The van der Waals surface area contributed by atoms with Crippen LogP contribution in [0.5, 0.6) is 0 Å². The summed E-state index contributed by atoms with van der Waals surface area (Å²) in [6, 6.07) is -1.75. The number of carboxylic acids is 1. The summed E-state index contributed by atoms with van der Waals surface area (Å²) >= 11 is 0. The smallest absolute Gasteiger partial charge is 0.326 e. The lowest BCUT2D eigenvalue weighted by Crippen LogP contribution is -2.55. The standard InChI is InChI=1S/C9H15N3O5/c13-4-1-6(8(15)16)11-9(17)12-3-2-10-7(14)5-12/h6,13H,1-5H2,(H,10,14)(H,11,17)(H,15,16)/t6-/m0/s1. The first-order valence-corrected chi connectivity index (χ1v) is 5.20. The van der Waals surface area contributed by atoms with Crippen LogP contribution in [-0.4, -0.2) is 65.3 Å². The highest BCUT2D eigenvalue weighted by Crippen LogP contribution is 1.98. The molecule has 0 radical (unpaired) electrons. The van der Waals surface area contributed by atoms with E-state index in [1.165, 1.54) is 4.90 Å². The number of rotatable bonds is 4. The van der Waals surface area contributed by atoms with Crippen molar-refractivity contribution in [2.75, 3.05) is 26.2 Å². The van der Waals surface area contributed by atoms with E-state index in [1.54, 1.807) is 0 Å². The zero-order valence-corrected chi connectivity index (χ0v) is 9.18. The van der Waals surface area contributed by atoms with Crippen molar-refractivity contribution in [2.24, 2.45) is 0 Å². The van der Waals surface area contributed by atoms with Crippen molar-refractivity contribution in [3.05, 3.63) is 0 Å². The monoisotopic (exact) mass is 245 g/mol. The number of amides is 3. The average Bonchev–Trinajstić information content (AvgIpc) is 2.28. The van der Waals surface area contributed by atoms with Gasteiger partial charge in [0.15, 0.2) is 0 Å². The molecule has 1 aliphatic heterocycles. The molecule has 1 rings (SSSR count). The van der Waals surface area contributed by atoms with E-state index < -0.39 is 18.0 Å². The minimum atomic E-state index is -1.21. The van der Waals surface area contributed by atoms with Crippen molar-refractivity contribution in [1.29, 1.82) is 0 Å². The van der Waals surface area contributed by atoms with E-state index in [0.29, 0.717) is 13.1 Å². The molecular formula is C9H15N3O5. The molecule has 0 saturated carbocycles. The quantitative estimate of drug-likeness (QED) is 0.455. The number of carbonyl (C=O) groups is 3. The van der Waals surface area contributed by atoms with Crippen molar-refractivity contribution >= 4 is 17.9 Å². The number of aliphatic hydroxyl groups is 1. The van der Waals surface area contributed by atoms with Gasteiger partial charge in [0.05, 0.1) is 0 Å². The van der Waals surface area contributed by atoms with Gasteiger partial charge in [0.2, 0.25) is 5.91 Å². The van der Waals surface area contributed by atoms with Gasteiger partial charge in [-0.25, -0.2) is 9.59 Å². The summed E-state index contributed by atoms with van der Waals surface area (Å²) in [7, 11) is 0. The highest BCUT2D eigenvalue weighted by molar-refractivity contribution is 5.87.